The number of nitrogens with one attached hydrogen (secondary N) is 5. The highest BCUT2D eigenvalue weighted by molar-refractivity contribution is 8.70. The van der Waals surface area contributed by atoms with Crippen molar-refractivity contribution >= 4 is 43.7 Å². The first-order chi connectivity index (χ1) is 17.6. The maximum Gasteiger partial charge on any atom is 0.320 e. The molecular weight excluding hydrogens is 522 g/mol. The zero-order chi connectivity index (χ0) is 27.5. The van der Waals surface area contributed by atoms with Gasteiger partial charge in [0.15, 0.2) is 0 Å². The van der Waals surface area contributed by atoms with Gasteiger partial charge in [0.25, 0.3) is 0 Å². The third kappa shape index (κ3) is 18.8. The monoisotopic (exact) mass is 565 g/mol. The quantitative estimate of drug-likeness (QED) is 0.0689. The van der Waals surface area contributed by atoms with E-state index in [0.717, 1.165) is 57.8 Å². The van der Waals surface area contributed by atoms with Crippen molar-refractivity contribution in [1.82, 2.24) is 26.6 Å². The van der Waals surface area contributed by atoms with Crippen molar-refractivity contribution in [2.24, 2.45) is 0 Å². The summed E-state index contributed by atoms with van der Waals surface area (Å²) in [7, 11) is -4.03. The highest BCUT2D eigenvalue weighted by Gasteiger charge is 2.26. The summed E-state index contributed by atoms with van der Waals surface area (Å²) in [4.78, 5) is 46.4. The summed E-state index contributed by atoms with van der Waals surface area (Å²) in [5.41, 5.74) is 0. The standard InChI is InChI=1S/C23H43N5O7S2/c1-18-19(28-23(32)27-18)11-5-2-6-12-20(29)24-14-8-3-7-13-21(30)25-15-9-4-10-16-26-22(31)17-36-37(33,34)35/h18-19H,2-17H2,1H3,(H,24,29)(H,25,30)(H,26,31)(H2,27,28,32)(H,33,34,35). The Kier molecular flexibility index (Phi) is 17.0. The van der Waals surface area contributed by atoms with E-state index in [4.69, 9.17) is 4.55 Å². The molecule has 1 fully saturated rings. The molecule has 0 bridgehead atoms. The normalized spacial score (nSPS) is 17.1. The molecule has 12 nitrogen and oxygen atoms in total. The van der Waals surface area contributed by atoms with Crippen molar-refractivity contribution in [3.05, 3.63) is 0 Å². The molecule has 0 aromatic heterocycles. The van der Waals surface area contributed by atoms with Crippen LogP contribution in [0, 0.1) is 0 Å². The Bertz CT molecular complexity index is 826. The Labute approximate surface area is 223 Å². The SMILES string of the molecule is CC1NC(=O)NC1CCCCCC(=O)NCCCCCC(=O)NCCCCCNC(=O)CSS(=O)(=O)O. The van der Waals surface area contributed by atoms with Gasteiger partial charge < -0.3 is 26.6 Å². The highest BCUT2D eigenvalue weighted by atomic mass is 33.1. The molecule has 37 heavy (non-hydrogen) atoms. The lowest BCUT2D eigenvalue weighted by atomic mass is 10.0. The lowest BCUT2D eigenvalue weighted by Gasteiger charge is -2.13. The fourth-order valence-electron chi connectivity index (χ4n) is 3.84. The summed E-state index contributed by atoms with van der Waals surface area (Å²) in [6.45, 7) is 3.57. The minimum Gasteiger partial charge on any atom is -0.356 e. The highest BCUT2D eigenvalue weighted by Crippen LogP contribution is 2.12. The fraction of sp³-hybridized carbons (Fsp3) is 0.826. The van der Waals surface area contributed by atoms with Crippen LogP contribution >= 0.6 is 10.8 Å². The summed E-state index contributed by atoms with van der Waals surface area (Å²) >= 11 is 0. The number of hydrogen-bond donors (Lipinski definition) is 6. The number of carbonyl (C=O) groups is 4. The van der Waals surface area contributed by atoms with Crippen molar-refractivity contribution in [3.8, 4) is 0 Å². The van der Waals surface area contributed by atoms with E-state index in [0.29, 0.717) is 38.9 Å². The third-order valence-corrected chi connectivity index (χ3v) is 7.86. The van der Waals surface area contributed by atoms with Crippen LogP contribution in [0.15, 0.2) is 0 Å². The Morgan fingerprint density at radius 3 is 1.76 bits per heavy atom. The average Bonchev–Trinajstić information content (AvgIpc) is 3.15. The molecule has 1 rings (SSSR count). The molecule has 0 aliphatic carbocycles. The number of rotatable bonds is 21. The molecule has 0 aromatic rings. The van der Waals surface area contributed by atoms with E-state index in [9.17, 15) is 27.6 Å². The molecule has 1 aliphatic rings. The predicted molar refractivity (Wildman–Crippen MR) is 143 cm³/mol. The minimum absolute atomic E-state index is 0.00178. The maximum atomic E-state index is 11.9. The molecule has 0 saturated carbocycles. The lowest BCUT2D eigenvalue weighted by Crippen LogP contribution is -2.30. The molecule has 2 unspecified atom stereocenters. The van der Waals surface area contributed by atoms with E-state index in [1.54, 1.807) is 0 Å². The molecule has 0 spiro atoms. The van der Waals surface area contributed by atoms with Gasteiger partial charge in [0.05, 0.1) is 11.8 Å². The van der Waals surface area contributed by atoms with Crippen molar-refractivity contribution in [3.63, 3.8) is 0 Å². The summed E-state index contributed by atoms with van der Waals surface area (Å²) in [5.74, 6) is -0.740. The van der Waals surface area contributed by atoms with Crippen LogP contribution in [0.25, 0.3) is 0 Å². The summed E-state index contributed by atoms with van der Waals surface area (Å²) in [5, 5.41) is 14.1. The van der Waals surface area contributed by atoms with Crippen LogP contribution in [0.3, 0.4) is 0 Å². The van der Waals surface area contributed by atoms with Gasteiger partial charge in [-0.25, -0.2) is 4.79 Å². The van der Waals surface area contributed by atoms with E-state index in [1.165, 1.54) is 0 Å². The van der Waals surface area contributed by atoms with Crippen molar-refractivity contribution in [2.75, 3.05) is 25.4 Å². The van der Waals surface area contributed by atoms with Crippen LogP contribution < -0.4 is 26.6 Å². The Morgan fingerprint density at radius 2 is 1.27 bits per heavy atom. The Hall–Kier alpha value is -2.06. The van der Waals surface area contributed by atoms with E-state index in [-0.39, 0.29) is 46.5 Å². The van der Waals surface area contributed by atoms with Gasteiger partial charge in [0.1, 0.15) is 0 Å². The van der Waals surface area contributed by atoms with Crippen LogP contribution in [0.4, 0.5) is 4.79 Å². The summed E-state index contributed by atoms with van der Waals surface area (Å²) in [6.07, 6.45) is 9.39. The summed E-state index contributed by atoms with van der Waals surface area (Å²) in [6, 6.07) is 0.214. The number of unbranched alkanes of at least 4 members (excludes halogenated alkanes) is 6. The summed E-state index contributed by atoms with van der Waals surface area (Å²) < 4.78 is 29.7. The molecule has 0 radical (unpaired) electrons. The number of amides is 5. The first-order valence-corrected chi connectivity index (χ1v) is 16.0. The molecular formula is C23H43N5O7S2. The second-order valence-electron chi connectivity index (χ2n) is 9.22. The van der Waals surface area contributed by atoms with Gasteiger partial charge in [0, 0.05) is 49.3 Å². The largest absolute Gasteiger partial charge is 0.356 e. The van der Waals surface area contributed by atoms with Gasteiger partial charge in [-0.05, 0) is 51.9 Å². The molecule has 0 aromatic carbocycles. The van der Waals surface area contributed by atoms with Crippen LogP contribution in [-0.4, -0.2) is 74.2 Å². The molecule has 14 heteroatoms. The topological polar surface area (TPSA) is 183 Å². The van der Waals surface area contributed by atoms with Gasteiger partial charge in [-0.15, -0.1) is 0 Å². The third-order valence-electron chi connectivity index (χ3n) is 5.94. The number of urea groups is 1. The van der Waals surface area contributed by atoms with Gasteiger partial charge in [-0.2, -0.15) is 8.42 Å². The van der Waals surface area contributed by atoms with Crippen LogP contribution in [0.2, 0.25) is 0 Å². The second kappa shape index (κ2) is 19.1. The first kappa shape index (κ1) is 33.0. The molecule has 1 heterocycles. The fourth-order valence-corrected chi connectivity index (χ4v) is 4.97. The molecule has 6 N–H and O–H groups in total. The minimum atomic E-state index is -4.21. The molecule has 1 aliphatic heterocycles. The molecule has 5 amide bonds. The smallest absolute Gasteiger partial charge is 0.320 e. The predicted octanol–water partition coefficient (Wildman–Crippen LogP) is 1.62. The zero-order valence-electron chi connectivity index (χ0n) is 21.7. The maximum absolute atomic E-state index is 11.9. The average molecular weight is 566 g/mol. The van der Waals surface area contributed by atoms with E-state index >= 15 is 0 Å². The zero-order valence-corrected chi connectivity index (χ0v) is 23.3. The second-order valence-corrected chi connectivity index (χ2v) is 12.6. The van der Waals surface area contributed by atoms with Crippen molar-refractivity contribution in [1.29, 1.82) is 0 Å². The first-order valence-electron chi connectivity index (χ1n) is 13.1. The van der Waals surface area contributed by atoms with Crippen molar-refractivity contribution < 1.29 is 32.1 Å². The van der Waals surface area contributed by atoms with Gasteiger partial charge >= 0.3 is 15.2 Å². The molecule has 2 atom stereocenters. The van der Waals surface area contributed by atoms with Crippen LogP contribution in [0.5, 0.6) is 0 Å². The van der Waals surface area contributed by atoms with Crippen LogP contribution in [-0.2, 0) is 23.5 Å². The van der Waals surface area contributed by atoms with E-state index < -0.39 is 15.1 Å². The molecule has 1 saturated heterocycles. The Morgan fingerprint density at radius 1 is 0.784 bits per heavy atom. The number of hydrogen-bond acceptors (Lipinski definition) is 7. The Balaban J connectivity index is 1.85. The van der Waals surface area contributed by atoms with Crippen molar-refractivity contribution in [2.45, 2.75) is 96.1 Å². The van der Waals surface area contributed by atoms with Crippen LogP contribution in [0.1, 0.15) is 84.0 Å². The van der Waals surface area contributed by atoms with Gasteiger partial charge in [-0.1, -0.05) is 19.3 Å². The number of carbonyl (C=O) groups excluding carboxylic acids is 4. The lowest BCUT2D eigenvalue weighted by molar-refractivity contribution is -0.122. The van der Waals surface area contributed by atoms with E-state index in [1.807, 2.05) is 6.92 Å². The molecule has 214 valence electrons. The van der Waals surface area contributed by atoms with Gasteiger partial charge in [-0.3, -0.25) is 18.9 Å². The van der Waals surface area contributed by atoms with E-state index in [2.05, 4.69) is 26.6 Å². The van der Waals surface area contributed by atoms with Gasteiger partial charge in [0.2, 0.25) is 17.7 Å².